The van der Waals surface area contributed by atoms with E-state index >= 15 is 0 Å². The highest BCUT2D eigenvalue weighted by atomic mass is 16.5. The molecule has 2 amide bonds. The standard InChI is InChI=1S/C22H24N2O3/c25-22(24-13-10-18(11-14-24)17-6-2-1-3-7-17)23-20-8-4-5-9-21(20)27-19-12-15-26-16-19/h1-10,19H,11-16H2,(H,23,25)/t19-/m0/s1. The lowest BCUT2D eigenvalue weighted by atomic mass is 10.00. The third kappa shape index (κ3) is 4.31. The molecule has 0 aliphatic carbocycles. The number of benzene rings is 2. The van der Waals surface area contributed by atoms with Crippen LogP contribution in [-0.4, -0.2) is 43.3 Å². The van der Waals surface area contributed by atoms with Crippen molar-refractivity contribution in [1.29, 1.82) is 0 Å². The molecular formula is C22H24N2O3. The molecule has 5 heteroatoms. The number of carbonyl (C=O) groups is 1. The molecule has 140 valence electrons. The lowest BCUT2D eigenvalue weighted by Crippen LogP contribution is -2.38. The minimum atomic E-state index is -0.0999. The SMILES string of the molecule is O=C(Nc1ccccc1O[C@H]1CCOC1)N1CC=C(c2ccccc2)CC1. The summed E-state index contributed by atoms with van der Waals surface area (Å²) in [7, 11) is 0. The molecule has 5 nitrogen and oxygen atoms in total. The molecule has 0 saturated carbocycles. The fourth-order valence-electron chi connectivity index (χ4n) is 3.42. The van der Waals surface area contributed by atoms with Crippen LogP contribution in [0.25, 0.3) is 5.57 Å². The van der Waals surface area contributed by atoms with Crippen molar-refractivity contribution in [3.8, 4) is 5.75 Å². The average molecular weight is 364 g/mol. The molecule has 0 unspecified atom stereocenters. The average Bonchev–Trinajstić information content (AvgIpc) is 3.23. The number of rotatable bonds is 4. The molecular weight excluding hydrogens is 340 g/mol. The van der Waals surface area contributed by atoms with E-state index in [9.17, 15) is 4.79 Å². The Morgan fingerprint density at radius 3 is 2.67 bits per heavy atom. The summed E-state index contributed by atoms with van der Waals surface area (Å²) in [5, 5.41) is 3.00. The number of hydrogen-bond acceptors (Lipinski definition) is 3. The Morgan fingerprint density at radius 2 is 1.93 bits per heavy atom. The van der Waals surface area contributed by atoms with E-state index in [1.54, 1.807) is 0 Å². The van der Waals surface area contributed by atoms with E-state index in [1.165, 1.54) is 11.1 Å². The van der Waals surface area contributed by atoms with Crippen molar-refractivity contribution in [3.63, 3.8) is 0 Å². The number of nitrogens with one attached hydrogen (secondary N) is 1. The van der Waals surface area contributed by atoms with E-state index in [0.717, 1.165) is 19.4 Å². The predicted octanol–water partition coefficient (Wildman–Crippen LogP) is 4.18. The second-order valence-corrected chi connectivity index (χ2v) is 6.82. The minimum Gasteiger partial charge on any atom is -0.486 e. The summed E-state index contributed by atoms with van der Waals surface area (Å²) in [5.41, 5.74) is 3.23. The van der Waals surface area contributed by atoms with Crippen molar-refractivity contribution in [3.05, 3.63) is 66.2 Å². The number of nitrogens with zero attached hydrogens (tertiary/aromatic N) is 1. The Bertz CT molecular complexity index is 813. The van der Waals surface area contributed by atoms with E-state index in [0.29, 0.717) is 31.1 Å². The van der Waals surface area contributed by atoms with Crippen LogP contribution in [0.3, 0.4) is 0 Å². The van der Waals surface area contributed by atoms with Gasteiger partial charge in [0.1, 0.15) is 11.9 Å². The van der Waals surface area contributed by atoms with Crippen LogP contribution >= 0.6 is 0 Å². The van der Waals surface area contributed by atoms with Gasteiger partial charge in [-0.15, -0.1) is 0 Å². The molecule has 0 spiro atoms. The van der Waals surface area contributed by atoms with Gasteiger partial charge in [0.25, 0.3) is 0 Å². The zero-order chi connectivity index (χ0) is 18.5. The summed E-state index contributed by atoms with van der Waals surface area (Å²) >= 11 is 0. The fourth-order valence-corrected chi connectivity index (χ4v) is 3.42. The zero-order valence-electron chi connectivity index (χ0n) is 15.3. The van der Waals surface area contributed by atoms with Crippen LogP contribution in [0.2, 0.25) is 0 Å². The first-order valence-corrected chi connectivity index (χ1v) is 9.43. The number of amides is 2. The molecule has 27 heavy (non-hydrogen) atoms. The second-order valence-electron chi connectivity index (χ2n) is 6.82. The largest absolute Gasteiger partial charge is 0.486 e. The molecule has 1 fully saturated rings. The van der Waals surface area contributed by atoms with Gasteiger partial charge in [-0.2, -0.15) is 0 Å². The maximum absolute atomic E-state index is 12.7. The first-order valence-electron chi connectivity index (χ1n) is 9.43. The summed E-state index contributed by atoms with van der Waals surface area (Å²) in [6, 6.07) is 17.8. The number of hydrogen-bond donors (Lipinski definition) is 1. The van der Waals surface area contributed by atoms with Crippen LogP contribution in [0.5, 0.6) is 5.75 Å². The first-order chi connectivity index (χ1) is 13.3. The highest BCUT2D eigenvalue weighted by molar-refractivity contribution is 5.91. The lowest BCUT2D eigenvalue weighted by molar-refractivity contribution is 0.142. The number of ether oxygens (including phenoxy) is 2. The Balaban J connectivity index is 1.39. The Labute approximate surface area is 159 Å². The van der Waals surface area contributed by atoms with Crippen molar-refractivity contribution in [2.75, 3.05) is 31.6 Å². The molecule has 2 aliphatic rings. The summed E-state index contributed by atoms with van der Waals surface area (Å²) in [6.45, 7) is 2.63. The predicted molar refractivity (Wildman–Crippen MR) is 106 cm³/mol. The maximum Gasteiger partial charge on any atom is 0.322 e. The van der Waals surface area contributed by atoms with Crippen LogP contribution in [0, 0.1) is 0 Å². The Hall–Kier alpha value is -2.79. The monoisotopic (exact) mass is 364 g/mol. The topological polar surface area (TPSA) is 50.8 Å². The van der Waals surface area contributed by atoms with Gasteiger partial charge in [-0.1, -0.05) is 48.5 Å². The van der Waals surface area contributed by atoms with Gasteiger partial charge in [0.2, 0.25) is 0 Å². The number of urea groups is 1. The highest BCUT2D eigenvalue weighted by Gasteiger charge is 2.21. The Kier molecular flexibility index (Phi) is 5.39. The number of carbonyl (C=O) groups excluding carboxylic acids is 1. The molecule has 2 aromatic carbocycles. The van der Waals surface area contributed by atoms with Gasteiger partial charge in [-0.3, -0.25) is 0 Å². The highest BCUT2D eigenvalue weighted by Crippen LogP contribution is 2.28. The third-order valence-corrected chi connectivity index (χ3v) is 4.95. The quantitative estimate of drug-likeness (QED) is 0.886. The third-order valence-electron chi connectivity index (χ3n) is 4.95. The van der Waals surface area contributed by atoms with E-state index in [-0.39, 0.29) is 12.1 Å². The van der Waals surface area contributed by atoms with Gasteiger partial charge in [-0.05, 0) is 29.7 Å². The van der Waals surface area contributed by atoms with Crippen LogP contribution in [-0.2, 0) is 4.74 Å². The molecule has 2 aromatic rings. The van der Waals surface area contributed by atoms with Crippen molar-refractivity contribution in [1.82, 2.24) is 4.90 Å². The summed E-state index contributed by atoms with van der Waals surface area (Å²) in [5.74, 6) is 0.693. The molecule has 0 bridgehead atoms. The van der Waals surface area contributed by atoms with E-state index in [1.807, 2.05) is 47.4 Å². The van der Waals surface area contributed by atoms with Gasteiger partial charge in [-0.25, -0.2) is 4.79 Å². The normalized spacial score (nSPS) is 19.5. The zero-order valence-corrected chi connectivity index (χ0v) is 15.3. The molecule has 2 heterocycles. The molecule has 2 aliphatic heterocycles. The lowest BCUT2D eigenvalue weighted by Gasteiger charge is -2.27. The van der Waals surface area contributed by atoms with Gasteiger partial charge >= 0.3 is 6.03 Å². The molecule has 1 atom stereocenters. The van der Waals surface area contributed by atoms with Crippen LogP contribution in [0.1, 0.15) is 18.4 Å². The van der Waals surface area contributed by atoms with Gasteiger partial charge in [0, 0.05) is 19.5 Å². The number of anilines is 1. The van der Waals surface area contributed by atoms with Gasteiger partial charge in [0.05, 0.1) is 18.9 Å². The van der Waals surface area contributed by atoms with Gasteiger partial charge < -0.3 is 19.7 Å². The minimum absolute atomic E-state index is 0.0504. The summed E-state index contributed by atoms with van der Waals surface area (Å²) in [4.78, 5) is 14.5. The molecule has 4 rings (SSSR count). The van der Waals surface area contributed by atoms with Crippen molar-refractivity contribution in [2.24, 2.45) is 0 Å². The fraction of sp³-hybridized carbons (Fsp3) is 0.318. The van der Waals surface area contributed by atoms with Crippen LogP contribution in [0.4, 0.5) is 10.5 Å². The molecule has 0 radical (unpaired) electrons. The van der Waals surface area contributed by atoms with Crippen LogP contribution < -0.4 is 10.1 Å². The second kappa shape index (κ2) is 8.27. The van der Waals surface area contributed by atoms with E-state index in [4.69, 9.17) is 9.47 Å². The van der Waals surface area contributed by atoms with Gasteiger partial charge in [0.15, 0.2) is 0 Å². The molecule has 1 N–H and O–H groups in total. The molecule has 0 aromatic heterocycles. The smallest absolute Gasteiger partial charge is 0.322 e. The number of para-hydroxylation sites is 2. The van der Waals surface area contributed by atoms with Crippen molar-refractivity contribution in [2.45, 2.75) is 18.9 Å². The molecule has 1 saturated heterocycles. The van der Waals surface area contributed by atoms with E-state index in [2.05, 4.69) is 23.5 Å². The Morgan fingerprint density at radius 1 is 1.11 bits per heavy atom. The summed E-state index contributed by atoms with van der Waals surface area (Å²) < 4.78 is 11.4. The maximum atomic E-state index is 12.7. The van der Waals surface area contributed by atoms with Crippen molar-refractivity contribution >= 4 is 17.3 Å². The van der Waals surface area contributed by atoms with Crippen LogP contribution in [0.15, 0.2) is 60.7 Å². The first kappa shape index (κ1) is 17.6. The summed E-state index contributed by atoms with van der Waals surface area (Å²) in [6.07, 6.45) is 3.92. The van der Waals surface area contributed by atoms with E-state index < -0.39 is 0 Å². The van der Waals surface area contributed by atoms with Crippen molar-refractivity contribution < 1.29 is 14.3 Å².